The van der Waals surface area contributed by atoms with Gasteiger partial charge in [0, 0.05) is 24.1 Å². The minimum absolute atomic E-state index is 0.0482. The lowest BCUT2D eigenvalue weighted by molar-refractivity contribution is -0.384. The number of likely N-dealkylation sites (N-methyl/N-ethyl adjacent to an activating group) is 1. The van der Waals surface area contributed by atoms with Gasteiger partial charge < -0.3 is 4.90 Å². The van der Waals surface area contributed by atoms with E-state index in [0.717, 1.165) is 21.9 Å². The highest BCUT2D eigenvalue weighted by Crippen LogP contribution is 2.26. The van der Waals surface area contributed by atoms with Gasteiger partial charge in [-0.15, -0.1) is 11.3 Å². The molecular weight excluding hydrogens is 346 g/mol. The Labute approximate surface area is 146 Å². The van der Waals surface area contributed by atoms with E-state index in [9.17, 15) is 24.5 Å². The Hall–Kier alpha value is -3.07. The number of imide groups is 1. The average Bonchev–Trinajstić information content (AvgIpc) is 3.17. The first-order valence-corrected chi connectivity index (χ1v) is 8.17. The lowest BCUT2D eigenvalue weighted by Gasteiger charge is -2.20. The lowest BCUT2D eigenvalue weighted by Crippen LogP contribution is -2.40. The van der Waals surface area contributed by atoms with Crippen LogP contribution >= 0.6 is 11.3 Å². The number of fused-ring (bicyclic) bond motifs is 1. The number of hydrogen-bond donors (Lipinski definition) is 0. The van der Waals surface area contributed by atoms with E-state index >= 15 is 0 Å². The van der Waals surface area contributed by atoms with Crippen molar-refractivity contribution in [2.24, 2.45) is 0 Å². The van der Waals surface area contributed by atoms with E-state index in [1.165, 1.54) is 22.3 Å². The van der Waals surface area contributed by atoms with Gasteiger partial charge in [0.25, 0.3) is 17.5 Å². The zero-order chi connectivity index (χ0) is 18.1. The number of amides is 3. The van der Waals surface area contributed by atoms with Crippen molar-refractivity contribution in [2.45, 2.75) is 6.54 Å². The molecule has 0 spiro atoms. The minimum atomic E-state index is -0.693. The van der Waals surface area contributed by atoms with Gasteiger partial charge >= 0.3 is 0 Å². The summed E-state index contributed by atoms with van der Waals surface area (Å²) in [7, 11) is 1.59. The van der Waals surface area contributed by atoms with Gasteiger partial charge in [0.2, 0.25) is 5.91 Å². The molecule has 1 aromatic heterocycles. The van der Waals surface area contributed by atoms with E-state index in [1.54, 1.807) is 7.05 Å². The molecule has 0 N–H and O–H groups in total. The number of rotatable bonds is 5. The quantitative estimate of drug-likeness (QED) is 0.461. The van der Waals surface area contributed by atoms with Crippen LogP contribution in [-0.4, -0.2) is 46.0 Å². The smallest absolute Gasteiger partial charge is 0.270 e. The molecule has 25 heavy (non-hydrogen) atoms. The maximum atomic E-state index is 12.4. The largest absolute Gasteiger partial charge is 0.339 e. The van der Waals surface area contributed by atoms with Crippen LogP contribution in [0.2, 0.25) is 0 Å². The van der Waals surface area contributed by atoms with Crippen LogP contribution in [0, 0.1) is 10.1 Å². The van der Waals surface area contributed by atoms with Crippen molar-refractivity contribution in [3.05, 3.63) is 61.8 Å². The molecule has 0 atom stereocenters. The number of nitro benzene ring substituents is 1. The van der Waals surface area contributed by atoms with Crippen LogP contribution in [0.5, 0.6) is 0 Å². The monoisotopic (exact) mass is 359 g/mol. The van der Waals surface area contributed by atoms with Crippen molar-refractivity contribution in [3.63, 3.8) is 0 Å². The third-order valence-electron chi connectivity index (χ3n) is 3.86. The Bertz CT molecular complexity index is 878. The van der Waals surface area contributed by atoms with Gasteiger partial charge in [-0.25, -0.2) is 0 Å². The Balaban J connectivity index is 1.75. The minimum Gasteiger partial charge on any atom is -0.339 e. The first kappa shape index (κ1) is 16.8. The zero-order valence-electron chi connectivity index (χ0n) is 13.2. The summed E-state index contributed by atoms with van der Waals surface area (Å²) >= 11 is 1.50. The molecule has 3 rings (SSSR count). The van der Waals surface area contributed by atoms with Crippen molar-refractivity contribution in [2.75, 3.05) is 13.6 Å². The topological polar surface area (TPSA) is 101 Å². The third kappa shape index (κ3) is 3.13. The normalized spacial score (nSPS) is 13.1. The molecular formula is C16H13N3O5S. The number of thiophene rings is 1. The highest BCUT2D eigenvalue weighted by Gasteiger charge is 2.38. The number of benzene rings is 1. The van der Waals surface area contributed by atoms with Gasteiger partial charge in [-0.1, -0.05) is 6.07 Å². The van der Waals surface area contributed by atoms with Crippen LogP contribution < -0.4 is 0 Å². The van der Waals surface area contributed by atoms with E-state index in [4.69, 9.17) is 0 Å². The Morgan fingerprint density at radius 1 is 1.24 bits per heavy atom. The van der Waals surface area contributed by atoms with Crippen molar-refractivity contribution in [3.8, 4) is 0 Å². The molecule has 1 aliphatic heterocycles. The fourth-order valence-corrected chi connectivity index (χ4v) is 3.27. The number of nitrogens with zero attached hydrogens (tertiary/aromatic N) is 3. The molecule has 128 valence electrons. The molecule has 0 bridgehead atoms. The molecule has 0 saturated carbocycles. The second kappa shape index (κ2) is 6.44. The summed E-state index contributed by atoms with van der Waals surface area (Å²) in [5.74, 6) is -1.70. The summed E-state index contributed by atoms with van der Waals surface area (Å²) < 4.78 is 0. The number of hydrogen-bond acceptors (Lipinski definition) is 6. The van der Waals surface area contributed by atoms with Crippen LogP contribution in [-0.2, 0) is 11.3 Å². The summed E-state index contributed by atoms with van der Waals surface area (Å²) in [5, 5.41) is 12.7. The summed E-state index contributed by atoms with van der Waals surface area (Å²) in [5.41, 5.74) is -0.250. The Morgan fingerprint density at radius 3 is 2.60 bits per heavy atom. The van der Waals surface area contributed by atoms with Crippen LogP contribution in [0.1, 0.15) is 25.6 Å². The zero-order valence-corrected chi connectivity index (χ0v) is 14.0. The molecule has 1 aliphatic rings. The van der Waals surface area contributed by atoms with Gasteiger partial charge in [0.05, 0.1) is 22.6 Å². The van der Waals surface area contributed by atoms with E-state index in [1.807, 2.05) is 17.5 Å². The second-order valence-electron chi connectivity index (χ2n) is 5.51. The van der Waals surface area contributed by atoms with E-state index in [2.05, 4.69) is 0 Å². The van der Waals surface area contributed by atoms with Crippen molar-refractivity contribution < 1.29 is 19.3 Å². The Morgan fingerprint density at radius 2 is 1.96 bits per heavy atom. The molecule has 9 heteroatoms. The first-order chi connectivity index (χ1) is 11.9. The van der Waals surface area contributed by atoms with Crippen LogP contribution in [0.15, 0.2) is 35.7 Å². The first-order valence-electron chi connectivity index (χ1n) is 7.29. The number of nitro groups is 1. The predicted octanol–water partition coefficient (Wildman–Crippen LogP) is 1.91. The third-order valence-corrected chi connectivity index (χ3v) is 4.72. The molecule has 8 nitrogen and oxygen atoms in total. The summed E-state index contributed by atoms with van der Waals surface area (Å²) in [6.07, 6.45) is 0. The predicted molar refractivity (Wildman–Crippen MR) is 89.3 cm³/mol. The fraction of sp³-hybridized carbons (Fsp3) is 0.188. The molecule has 2 aromatic rings. The molecule has 0 fully saturated rings. The van der Waals surface area contributed by atoms with Crippen molar-refractivity contribution in [1.29, 1.82) is 0 Å². The molecule has 1 aromatic carbocycles. The Kier molecular flexibility index (Phi) is 4.32. The van der Waals surface area contributed by atoms with Crippen LogP contribution in [0.3, 0.4) is 0 Å². The molecule has 3 amide bonds. The van der Waals surface area contributed by atoms with Gasteiger partial charge in [-0.3, -0.25) is 29.4 Å². The van der Waals surface area contributed by atoms with Gasteiger partial charge in [0.15, 0.2) is 0 Å². The summed E-state index contributed by atoms with van der Waals surface area (Å²) in [4.78, 5) is 50.4. The highest BCUT2D eigenvalue weighted by atomic mass is 32.1. The summed E-state index contributed by atoms with van der Waals surface area (Å²) in [6, 6.07) is 7.23. The van der Waals surface area contributed by atoms with Crippen molar-refractivity contribution >= 4 is 34.7 Å². The average molecular weight is 359 g/mol. The van der Waals surface area contributed by atoms with Gasteiger partial charge in [-0.05, 0) is 17.5 Å². The standard InChI is InChI=1S/C16H13N3O5S/c1-17(8-11-3-2-6-25-11)14(20)9-18-15(21)12-5-4-10(19(23)24)7-13(12)16(18)22/h2-7H,8-9H2,1H3. The highest BCUT2D eigenvalue weighted by molar-refractivity contribution is 7.09. The fourth-order valence-electron chi connectivity index (χ4n) is 2.52. The lowest BCUT2D eigenvalue weighted by atomic mass is 10.1. The molecule has 0 saturated heterocycles. The van der Waals surface area contributed by atoms with Crippen LogP contribution in [0.4, 0.5) is 5.69 Å². The molecule has 0 unspecified atom stereocenters. The van der Waals surface area contributed by atoms with E-state index < -0.39 is 29.2 Å². The van der Waals surface area contributed by atoms with E-state index in [-0.39, 0.29) is 16.8 Å². The van der Waals surface area contributed by atoms with E-state index in [0.29, 0.717) is 6.54 Å². The number of carbonyl (C=O) groups excluding carboxylic acids is 3. The van der Waals surface area contributed by atoms with Gasteiger partial charge in [-0.2, -0.15) is 0 Å². The van der Waals surface area contributed by atoms with Crippen molar-refractivity contribution in [1.82, 2.24) is 9.80 Å². The SMILES string of the molecule is CN(Cc1cccs1)C(=O)CN1C(=O)c2ccc([N+](=O)[O-])cc2C1=O. The molecule has 0 aliphatic carbocycles. The number of carbonyl (C=O) groups is 3. The van der Waals surface area contributed by atoms with Crippen LogP contribution in [0.25, 0.3) is 0 Å². The maximum absolute atomic E-state index is 12.4. The second-order valence-corrected chi connectivity index (χ2v) is 6.54. The maximum Gasteiger partial charge on any atom is 0.270 e. The molecule has 0 radical (unpaired) electrons. The molecule has 2 heterocycles. The number of non-ortho nitro benzene ring substituents is 1. The summed E-state index contributed by atoms with van der Waals surface area (Å²) in [6.45, 7) is -0.0207. The van der Waals surface area contributed by atoms with Gasteiger partial charge in [0.1, 0.15) is 6.54 Å².